The first-order valence-corrected chi connectivity index (χ1v) is 4.91. The van der Waals surface area contributed by atoms with Crippen molar-refractivity contribution in [1.29, 1.82) is 0 Å². The number of nitrogens with zero attached hydrogens (tertiary/aromatic N) is 4. The number of hydrogen-bond donors (Lipinski definition) is 0. The first-order chi connectivity index (χ1) is 7.27. The topological polar surface area (TPSA) is 43.1 Å². The van der Waals surface area contributed by atoms with E-state index in [1.807, 2.05) is 31.2 Å². The van der Waals surface area contributed by atoms with Crippen molar-refractivity contribution in [2.24, 2.45) is 0 Å². The van der Waals surface area contributed by atoms with Gasteiger partial charge < -0.3 is 0 Å². The largest absolute Gasteiger partial charge is 0.191 e. The highest BCUT2D eigenvalue weighted by Crippen LogP contribution is 2.25. The normalized spacial score (nSPS) is 11.3. The molecule has 15 heavy (non-hydrogen) atoms. The Morgan fingerprint density at radius 3 is 3.07 bits per heavy atom. The van der Waals surface area contributed by atoms with Gasteiger partial charge in [0.1, 0.15) is 0 Å². The Bertz CT molecular complexity index is 659. The van der Waals surface area contributed by atoms with Gasteiger partial charge in [-0.2, -0.15) is 4.52 Å². The van der Waals surface area contributed by atoms with Crippen LogP contribution in [0.15, 0.2) is 24.3 Å². The van der Waals surface area contributed by atoms with Crippen LogP contribution >= 0.6 is 11.6 Å². The number of benzene rings is 1. The van der Waals surface area contributed by atoms with Gasteiger partial charge in [0.15, 0.2) is 5.65 Å². The maximum atomic E-state index is 6.15. The third-order valence-electron chi connectivity index (χ3n) is 2.46. The Kier molecular flexibility index (Phi) is 1.67. The second kappa shape index (κ2) is 2.90. The summed E-state index contributed by atoms with van der Waals surface area (Å²) in [6, 6.07) is 7.72. The van der Waals surface area contributed by atoms with Gasteiger partial charge in [-0.15, -0.1) is 5.10 Å². The minimum Gasteiger partial charge on any atom is -0.191 e. The minimum absolute atomic E-state index is 0.661. The molecule has 0 atom stereocenters. The molecule has 1 aromatic carbocycles. The molecule has 3 rings (SSSR count). The molecule has 0 amide bonds. The molecule has 0 spiro atoms. The number of pyridine rings is 1. The zero-order valence-corrected chi connectivity index (χ0v) is 8.73. The molecule has 0 saturated carbocycles. The molecule has 0 radical (unpaired) electrons. The number of halogens is 1. The molecular weight excluding hydrogens is 212 g/mol. The summed E-state index contributed by atoms with van der Waals surface area (Å²) in [6.07, 6.45) is 0. The first kappa shape index (κ1) is 8.61. The van der Waals surface area contributed by atoms with Gasteiger partial charge >= 0.3 is 0 Å². The Morgan fingerprint density at radius 1 is 1.33 bits per heavy atom. The van der Waals surface area contributed by atoms with Crippen LogP contribution in [0.25, 0.3) is 16.6 Å². The van der Waals surface area contributed by atoms with E-state index in [9.17, 15) is 0 Å². The smallest absolute Gasteiger partial charge is 0.180 e. The van der Waals surface area contributed by atoms with Gasteiger partial charge in [-0.05, 0) is 35.0 Å². The quantitative estimate of drug-likeness (QED) is 0.581. The standard InChI is InChI=1S/C10H7ClN4/c1-6-5-9-12-13-14-15(9)10-7(6)3-2-4-8(10)11/h2-5H,1H3. The van der Waals surface area contributed by atoms with E-state index in [0.717, 1.165) is 16.5 Å². The van der Waals surface area contributed by atoms with E-state index in [0.29, 0.717) is 10.7 Å². The van der Waals surface area contributed by atoms with Crippen molar-refractivity contribution in [3.05, 3.63) is 34.9 Å². The van der Waals surface area contributed by atoms with Gasteiger partial charge in [0.2, 0.25) is 0 Å². The third kappa shape index (κ3) is 1.11. The number of tetrazole rings is 1. The summed E-state index contributed by atoms with van der Waals surface area (Å²) >= 11 is 6.15. The molecule has 0 aliphatic rings. The van der Waals surface area contributed by atoms with Crippen LogP contribution < -0.4 is 0 Å². The van der Waals surface area contributed by atoms with Crippen LogP contribution in [0.2, 0.25) is 5.02 Å². The van der Waals surface area contributed by atoms with Gasteiger partial charge in [-0.25, -0.2) is 0 Å². The molecule has 3 aromatic rings. The fraction of sp³-hybridized carbons (Fsp3) is 0.100. The number of aromatic nitrogens is 4. The van der Waals surface area contributed by atoms with E-state index in [1.165, 1.54) is 0 Å². The van der Waals surface area contributed by atoms with Crippen LogP contribution in [0, 0.1) is 6.92 Å². The van der Waals surface area contributed by atoms with E-state index in [-0.39, 0.29) is 0 Å². The van der Waals surface area contributed by atoms with E-state index >= 15 is 0 Å². The summed E-state index contributed by atoms with van der Waals surface area (Å²) in [5.74, 6) is 0. The highest BCUT2D eigenvalue weighted by molar-refractivity contribution is 6.35. The average molecular weight is 219 g/mol. The van der Waals surface area contributed by atoms with Gasteiger partial charge in [0.05, 0.1) is 10.5 Å². The summed E-state index contributed by atoms with van der Waals surface area (Å²) < 4.78 is 1.66. The second-order valence-corrected chi connectivity index (χ2v) is 3.82. The molecule has 0 fully saturated rings. The summed E-state index contributed by atoms with van der Waals surface area (Å²) in [5, 5.41) is 13.2. The lowest BCUT2D eigenvalue weighted by molar-refractivity contribution is 0.841. The van der Waals surface area contributed by atoms with Crippen molar-refractivity contribution in [3.63, 3.8) is 0 Å². The fourth-order valence-electron chi connectivity index (χ4n) is 1.76. The first-order valence-electron chi connectivity index (χ1n) is 4.53. The summed E-state index contributed by atoms with van der Waals surface area (Å²) in [5.41, 5.74) is 2.70. The average Bonchev–Trinajstić information content (AvgIpc) is 2.66. The Labute approximate surface area is 90.5 Å². The lowest BCUT2D eigenvalue weighted by Gasteiger charge is -2.04. The minimum atomic E-state index is 0.661. The van der Waals surface area contributed by atoms with Crippen LogP contribution in [0.4, 0.5) is 0 Å². The van der Waals surface area contributed by atoms with Gasteiger partial charge in [-0.3, -0.25) is 0 Å². The molecule has 0 unspecified atom stereocenters. The van der Waals surface area contributed by atoms with E-state index < -0.39 is 0 Å². The Hall–Kier alpha value is -1.68. The van der Waals surface area contributed by atoms with Crippen LogP contribution in [-0.2, 0) is 0 Å². The molecule has 0 aliphatic heterocycles. The molecule has 0 N–H and O–H groups in total. The molecule has 0 saturated heterocycles. The SMILES string of the molecule is Cc1cc2nnnn2c2c(Cl)cccc12. The van der Waals surface area contributed by atoms with Crippen LogP contribution in [0.1, 0.15) is 5.56 Å². The van der Waals surface area contributed by atoms with Crippen LogP contribution in [-0.4, -0.2) is 20.0 Å². The predicted molar refractivity (Wildman–Crippen MR) is 58.0 cm³/mol. The number of hydrogen-bond acceptors (Lipinski definition) is 3. The molecule has 2 heterocycles. The Morgan fingerprint density at radius 2 is 2.20 bits per heavy atom. The highest BCUT2D eigenvalue weighted by atomic mass is 35.5. The molecule has 74 valence electrons. The zero-order chi connectivity index (χ0) is 10.4. The van der Waals surface area contributed by atoms with E-state index in [4.69, 9.17) is 11.6 Å². The number of fused-ring (bicyclic) bond motifs is 3. The lowest BCUT2D eigenvalue weighted by Crippen LogP contribution is -1.93. The molecule has 4 nitrogen and oxygen atoms in total. The van der Waals surface area contributed by atoms with Crippen molar-refractivity contribution < 1.29 is 0 Å². The molecule has 2 aromatic heterocycles. The number of rotatable bonds is 0. The highest BCUT2D eigenvalue weighted by Gasteiger charge is 2.08. The third-order valence-corrected chi connectivity index (χ3v) is 2.77. The monoisotopic (exact) mass is 218 g/mol. The van der Waals surface area contributed by atoms with Crippen molar-refractivity contribution in [1.82, 2.24) is 20.0 Å². The molecule has 0 aliphatic carbocycles. The fourth-order valence-corrected chi connectivity index (χ4v) is 2.02. The molecular formula is C10H7ClN4. The molecule has 0 bridgehead atoms. The molecule has 5 heteroatoms. The summed E-state index contributed by atoms with van der Waals surface area (Å²) in [6.45, 7) is 2.02. The van der Waals surface area contributed by atoms with Crippen LogP contribution in [0.5, 0.6) is 0 Å². The lowest BCUT2D eigenvalue weighted by atomic mass is 10.1. The van der Waals surface area contributed by atoms with E-state index in [2.05, 4.69) is 15.5 Å². The summed E-state index contributed by atoms with van der Waals surface area (Å²) in [7, 11) is 0. The Balaban J connectivity index is 2.69. The van der Waals surface area contributed by atoms with Gasteiger partial charge in [0, 0.05) is 5.39 Å². The summed E-state index contributed by atoms with van der Waals surface area (Å²) in [4.78, 5) is 0. The van der Waals surface area contributed by atoms with Crippen molar-refractivity contribution in [3.8, 4) is 0 Å². The van der Waals surface area contributed by atoms with Crippen molar-refractivity contribution in [2.45, 2.75) is 6.92 Å². The second-order valence-electron chi connectivity index (χ2n) is 3.41. The van der Waals surface area contributed by atoms with Gasteiger partial charge in [-0.1, -0.05) is 23.7 Å². The van der Waals surface area contributed by atoms with Crippen molar-refractivity contribution in [2.75, 3.05) is 0 Å². The zero-order valence-electron chi connectivity index (χ0n) is 7.98. The number of para-hydroxylation sites is 1. The predicted octanol–water partition coefficient (Wildman–Crippen LogP) is 2.24. The van der Waals surface area contributed by atoms with Crippen molar-refractivity contribution >= 4 is 28.2 Å². The van der Waals surface area contributed by atoms with E-state index in [1.54, 1.807) is 4.52 Å². The van der Waals surface area contributed by atoms with Crippen LogP contribution in [0.3, 0.4) is 0 Å². The maximum absolute atomic E-state index is 6.15. The van der Waals surface area contributed by atoms with Gasteiger partial charge in [0.25, 0.3) is 0 Å². The maximum Gasteiger partial charge on any atom is 0.180 e. The number of aryl methyl sites for hydroxylation is 1.